The molecule has 0 saturated heterocycles. The number of nitrogens with one attached hydrogen (secondary N) is 1. The van der Waals surface area contributed by atoms with Crippen molar-refractivity contribution in [1.82, 2.24) is 5.32 Å². The maximum atomic E-state index is 11.9. The first kappa shape index (κ1) is 17.9. The highest BCUT2D eigenvalue weighted by Gasteiger charge is 2.20. The molecule has 1 aromatic carbocycles. The Morgan fingerprint density at radius 2 is 2.05 bits per heavy atom. The molecule has 1 N–H and O–H groups in total. The summed E-state index contributed by atoms with van der Waals surface area (Å²) in [5.41, 5.74) is 0. The van der Waals surface area contributed by atoms with Crippen molar-refractivity contribution < 1.29 is 14.3 Å². The minimum Gasteiger partial charge on any atom is -0.496 e. The number of methoxy groups -OCH3 is 1. The molecule has 0 spiro atoms. The highest BCUT2D eigenvalue weighted by atomic mass is 32.2. The van der Waals surface area contributed by atoms with Crippen LogP contribution < -0.4 is 10.1 Å². The molecular formula is C16H25NO3S. The maximum Gasteiger partial charge on any atom is 0.323 e. The number of thioether (sulfide) groups is 1. The van der Waals surface area contributed by atoms with Crippen molar-refractivity contribution in [3.8, 4) is 5.75 Å². The first-order chi connectivity index (χ1) is 10.1. The van der Waals surface area contributed by atoms with Crippen LogP contribution in [0.3, 0.4) is 0 Å². The minimum absolute atomic E-state index is 0.174. The standard InChI is InChI=1S/C16H25NO3S/c1-5-20-16(18)13(17-12(2)3)10-11-21-15-9-7-6-8-14(15)19-4/h6-9,12-13,17H,5,10-11H2,1-4H3. The summed E-state index contributed by atoms with van der Waals surface area (Å²) in [7, 11) is 1.67. The Labute approximate surface area is 131 Å². The average molecular weight is 311 g/mol. The SMILES string of the molecule is CCOC(=O)C(CCSc1ccccc1OC)NC(C)C. The Kier molecular flexibility index (Phi) is 8.23. The van der Waals surface area contributed by atoms with Crippen LogP contribution in [0.5, 0.6) is 5.75 Å². The molecule has 0 aliphatic rings. The molecular weight excluding hydrogens is 286 g/mol. The largest absolute Gasteiger partial charge is 0.496 e. The summed E-state index contributed by atoms with van der Waals surface area (Å²) in [6.45, 7) is 6.29. The van der Waals surface area contributed by atoms with Crippen LogP contribution in [0.1, 0.15) is 27.2 Å². The lowest BCUT2D eigenvalue weighted by Crippen LogP contribution is -2.42. The van der Waals surface area contributed by atoms with Crippen molar-refractivity contribution in [2.75, 3.05) is 19.5 Å². The molecule has 4 nitrogen and oxygen atoms in total. The summed E-state index contributed by atoms with van der Waals surface area (Å²) < 4.78 is 10.4. The third kappa shape index (κ3) is 6.40. The molecule has 0 bridgehead atoms. The predicted octanol–water partition coefficient (Wildman–Crippen LogP) is 3.11. The second-order valence-corrected chi connectivity index (χ2v) is 6.05. The summed E-state index contributed by atoms with van der Waals surface area (Å²) in [5.74, 6) is 1.52. The Morgan fingerprint density at radius 3 is 2.67 bits per heavy atom. The van der Waals surface area contributed by atoms with Gasteiger partial charge in [-0.1, -0.05) is 26.0 Å². The number of ether oxygens (including phenoxy) is 2. The van der Waals surface area contributed by atoms with Gasteiger partial charge in [-0.05, 0) is 25.5 Å². The number of carbonyl (C=O) groups is 1. The smallest absolute Gasteiger partial charge is 0.323 e. The van der Waals surface area contributed by atoms with E-state index in [1.165, 1.54) is 0 Å². The van der Waals surface area contributed by atoms with Gasteiger partial charge in [0.05, 0.1) is 13.7 Å². The summed E-state index contributed by atoms with van der Waals surface area (Å²) in [5, 5.41) is 3.26. The monoisotopic (exact) mass is 311 g/mol. The fourth-order valence-corrected chi connectivity index (χ4v) is 2.98. The van der Waals surface area contributed by atoms with Crippen molar-refractivity contribution in [2.45, 2.75) is 44.2 Å². The third-order valence-electron chi connectivity index (χ3n) is 2.84. The Balaban J connectivity index is 2.54. The molecule has 1 atom stereocenters. The molecule has 0 aromatic heterocycles. The van der Waals surface area contributed by atoms with E-state index < -0.39 is 0 Å². The molecule has 0 amide bonds. The second kappa shape index (κ2) is 9.68. The van der Waals surface area contributed by atoms with Crippen molar-refractivity contribution in [3.63, 3.8) is 0 Å². The van der Waals surface area contributed by atoms with Gasteiger partial charge in [-0.15, -0.1) is 11.8 Å². The van der Waals surface area contributed by atoms with Crippen molar-refractivity contribution in [3.05, 3.63) is 24.3 Å². The van der Waals surface area contributed by atoms with Gasteiger partial charge in [0.15, 0.2) is 0 Å². The zero-order valence-corrected chi connectivity index (χ0v) is 14.0. The van der Waals surface area contributed by atoms with Gasteiger partial charge in [0.2, 0.25) is 0 Å². The van der Waals surface area contributed by atoms with E-state index in [9.17, 15) is 4.79 Å². The lowest BCUT2D eigenvalue weighted by atomic mass is 10.2. The highest BCUT2D eigenvalue weighted by Crippen LogP contribution is 2.29. The van der Waals surface area contributed by atoms with E-state index in [2.05, 4.69) is 5.32 Å². The summed E-state index contributed by atoms with van der Waals surface area (Å²) in [6, 6.07) is 7.89. The van der Waals surface area contributed by atoms with Gasteiger partial charge < -0.3 is 14.8 Å². The van der Waals surface area contributed by atoms with Gasteiger partial charge in [0, 0.05) is 16.7 Å². The van der Waals surface area contributed by atoms with E-state index in [4.69, 9.17) is 9.47 Å². The van der Waals surface area contributed by atoms with E-state index in [1.54, 1.807) is 18.9 Å². The predicted molar refractivity (Wildman–Crippen MR) is 87.0 cm³/mol. The van der Waals surface area contributed by atoms with Gasteiger partial charge in [-0.25, -0.2) is 0 Å². The summed E-state index contributed by atoms with van der Waals surface area (Å²) >= 11 is 1.69. The van der Waals surface area contributed by atoms with Crippen molar-refractivity contribution in [1.29, 1.82) is 0 Å². The molecule has 0 fully saturated rings. The van der Waals surface area contributed by atoms with E-state index in [0.717, 1.165) is 22.8 Å². The minimum atomic E-state index is -0.257. The molecule has 1 unspecified atom stereocenters. The van der Waals surface area contributed by atoms with Crippen LogP contribution in [0.15, 0.2) is 29.2 Å². The van der Waals surface area contributed by atoms with Crippen LogP contribution in [-0.4, -0.2) is 37.5 Å². The third-order valence-corrected chi connectivity index (χ3v) is 3.93. The number of hydrogen-bond acceptors (Lipinski definition) is 5. The Hall–Kier alpha value is -1.20. The normalized spacial score (nSPS) is 12.2. The van der Waals surface area contributed by atoms with Crippen LogP contribution >= 0.6 is 11.8 Å². The van der Waals surface area contributed by atoms with Gasteiger partial charge in [-0.2, -0.15) is 0 Å². The zero-order valence-electron chi connectivity index (χ0n) is 13.2. The topological polar surface area (TPSA) is 47.6 Å². The molecule has 1 aromatic rings. The first-order valence-corrected chi connectivity index (χ1v) is 8.25. The quantitative estimate of drug-likeness (QED) is 0.561. The number of esters is 1. The Bertz CT molecular complexity index is 437. The van der Waals surface area contributed by atoms with Gasteiger partial charge >= 0.3 is 5.97 Å². The van der Waals surface area contributed by atoms with E-state index in [-0.39, 0.29) is 18.1 Å². The number of carbonyl (C=O) groups excluding carboxylic acids is 1. The van der Waals surface area contributed by atoms with E-state index in [1.807, 2.05) is 45.0 Å². The lowest BCUT2D eigenvalue weighted by molar-refractivity contribution is -0.145. The van der Waals surface area contributed by atoms with Crippen LogP contribution in [0.4, 0.5) is 0 Å². The van der Waals surface area contributed by atoms with Gasteiger partial charge in [0.25, 0.3) is 0 Å². The number of rotatable bonds is 9. The van der Waals surface area contributed by atoms with Crippen LogP contribution in [0, 0.1) is 0 Å². The number of hydrogen-bond donors (Lipinski definition) is 1. The molecule has 0 saturated carbocycles. The molecule has 1 rings (SSSR count). The number of para-hydroxylation sites is 1. The first-order valence-electron chi connectivity index (χ1n) is 7.27. The van der Waals surface area contributed by atoms with Crippen molar-refractivity contribution >= 4 is 17.7 Å². The fourth-order valence-electron chi connectivity index (χ4n) is 1.94. The Morgan fingerprint density at radius 1 is 1.33 bits per heavy atom. The number of benzene rings is 1. The summed E-state index contributed by atoms with van der Waals surface area (Å²) in [6.07, 6.45) is 0.722. The molecule has 118 valence electrons. The highest BCUT2D eigenvalue weighted by molar-refractivity contribution is 7.99. The van der Waals surface area contributed by atoms with E-state index >= 15 is 0 Å². The maximum absolute atomic E-state index is 11.9. The molecule has 21 heavy (non-hydrogen) atoms. The molecule has 5 heteroatoms. The average Bonchev–Trinajstić information content (AvgIpc) is 2.46. The fraction of sp³-hybridized carbons (Fsp3) is 0.562. The molecule has 0 aliphatic carbocycles. The molecule has 0 aliphatic heterocycles. The van der Waals surface area contributed by atoms with Crippen LogP contribution in [0.2, 0.25) is 0 Å². The van der Waals surface area contributed by atoms with Crippen LogP contribution in [-0.2, 0) is 9.53 Å². The van der Waals surface area contributed by atoms with Crippen molar-refractivity contribution in [2.24, 2.45) is 0 Å². The summed E-state index contributed by atoms with van der Waals surface area (Å²) in [4.78, 5) is 13.0. The van der Waals surface area contributed by atoms with Crippen LogP contribution in [0.25, 0.3) is 0 Å². The lowest BCUT2D eigenvalue weighted by Gasteiger charge is -2.19. The molecule has 0 heterocycles. The zero-order chi connectivity index (χ0) is 15.7. The molecule has 0 radical (unpaired) electrons. The van der Waals surface area contributed by atoms with E-state index in [0.29, 0.717) is 6.61 Å². The second-order valence-electron chi connectivity index (χ2n) is 4.91. The van der Waals surface area contributed by atoms with Gasteiger partial charge in [0.1, 0.15) is 11.8 Å². The van der Waals surface area contributed by atoms with Gasteiger partial charge in [-0.3, -0.25) is 4.79 Å².